The summed E-state index contributed by atoms with van der Waals surface area (Å²) < 4.78 is 16.9. The molecule has 1 amide bonds. The number of aryl methyl sites for hydroxylation is 1. The molecule has 3 heterocycles. The number of amides is 1. The van der Waals surface area contributed by atoms with E-state index in [0.29, 0.717) is 29.2 Å². The van der Waals surface area contributed by atoms with Gasteiger partial charge in [-0.3, -0.25) is 4.79 Å². The molecule has 2 aromatic heterocycles. The number of anilines is 2. The molecule has 0 aliphatic carbocycles. The molecule has 1 N–H and O–H groups in total. The third-order valence-electron chi connectivity index (χ3n) is 7.86. The van der Waals surface area contributed by atoms with Crippen LogP contribution in [0, 0.1) is 6.92 Å². The lowest BCUT2D eigenvalue weighted by molar-refractivity contribution is 0.0250. The lowest BCUT2D eigenvalue weighted by Gasteiger charge is -2.32. The third-order valence-corrected chi connectivity index (χ3v) is 7.86. The fourth-order valence-corrected chi connectivity index (χ4v) is 5.45. The Morgan fingerprint density at radius 3 is 2.51 bits per heavy atom. The molecule has 0 bridgehead atoms. The summed E-state index contributed by atoms with van der Waals surface area (Å²) in [5.74, 6) is 0.495. The second kappa shape index (κ2) is 12.5. The number of methoxy groups -OCH3 is 1. The van der Waals surface area contributed by atoms with Gasteiger partial charge in [0.2, 0.25) is 0 Å². The summed E-state index contributed by atoms with van der Waals surface area (Å²) in [5.41, 5.74) is 5.74. The SMILES string of the molecule is COC(=O)c1cccc(COC2CCN(c3ccc(NC(=O)c4oc5ccc(-c6ccccc6)cc5c4C)cn3)CC2)c1. The van der Waals surface area contributed by atoms with Crippen molar-refractivity contribution in [1.29, 1.82) is 0 Å². The smallest absolute Gasteiger partial charge is 0.337 e. The Kier molecular flexibility index (Phi) is 8.20. The zero-order chi connectivity index (χ0) is 29.8. The molecule has 1 aliphatic rings. The van der Waals surface area contributed by atoms with Crippen molar-refractivity contribution in [3.63, 3.8) is 0 Å². The highest BCUT2D eigenvalue weighted by atomic mass is 16.5. The molecular weight excluding hydrogens is 542 g/mol. The van der Waals surface area contributed by atoms with Crippen LogP contribution in [0.4, 0.5) is 11.5 Å². The zero-order valence-corrected chi connectivity index (χ0v) is 24.2. The Morgan fingerprint density at radius 1 is 0.953 bits per heavy atom. The number of esters is 1. The van der Waals surface area contributed by atoms with Crippen LogP contribution in [0.25, 0.3) is 22.1 Å². The first-order valence-corrected chi connectivity index (χ1v) is 14.4. The minimum atomic E-state index is -0.351. The van der Waals surface area contributed by atoms with E-state index in [0.717, 1.165) is 59.4 Å². The van der Waals surface area contributed by atoms with Gasteiger partial charge in [-0.2, -0.15) is 0 Å². The number of nitrogens with one attached hydrogen (secondary N) is 1. The standard InChI is InChI=1S/C35H33N3O5/c1-23-30-20-26(25-8-4-3-5-9-25)11-13-31(30)43-33(23)34(39)37-28-12-14-32(36-21-28)38-17-15-29(16-18-38)42-22-24-7-6-10-27(19-24)35(40)41-2/h3-14,19-21,29H,15-18,22H2,1-2H3,(H,37,39). The Balaban J connectivity index is 1.03. The van der Waals surface area contributed by atoms with Crippen LogP contribution < -0.4 is 10.2 Å². The second-order valence-electron chi connectivity index (χ2n) is 10.7. The van der Waals surface area contributed by atoms with Gasteiger partial charge in [-0.1, -0.05) is 48.5 Å². The van der Waals surface area contributed by atoms with E-state index in [1.807, 2.05) is 67.6 Å². The first-order valence-electron chi connectivity index (χ1n) is 14.4. The van der Waals surface area contributed by atoms with Gasteiger partial charge in [0.15, 0.2) is 5.76 Å². The van der Waals surface area contributed by atoms with Crippen LogP contribution in [-0.2, 0) is 16.1 Å². The summed E-state index contributed by atoms with van der Waals surface area (Å²) in [6, 6.07) is 27.2. The maximum Gasteiger partial charge on any atom is 0.337 e. The van der Waals surface area contributed by atoms with E-state index in [1.165, 1.54) is 7.11 Å². The van der Waals surface area contributed by atoms with Gasteiger partial charge in [0.05, 0.1) is 37.3 Å². The Morgan fingerprint density at radius 2 is 1.77 bits per heavy atom. The van der Waals surface area contributed by atoms with Gasteiger partial charge < -0.3 is 24.1 Å². The average molecular weight is 576 g/mol. The number of nitrogens with zero attached hydrogens (tertiary/aromatic N) is 2. The van der Waals surface area contributed by atoms with E-state index in [-0.39, 0.29) is 18.0 Å². The highest BCUT2D eigenvalue weighted by molar-refractivity contribution is 6.06. The van der Waals surface area contributed by atoms with Gasteiger partial charge in [0.25, 0.3) is 5.91 Å². The number of pyridine rings is 1. The number of rotatable bonds is 8. The van der Waals surface area contributed by atoms with Crippen LogP contribution in [0.3, 0.4) is 0 Å². The Labute approximate surface area is 250 Å². The van der Waals surface area contributed by atoms with Crippen LogP contribution in [-0.4, -0.2) is 43.2 Å². The second-order valence-corrected chi connectivity index (χ2v) is 10.7. The van der Waals surface area contributed by atoms with E-state index in [9.17, 15) is 9.59 Å². The summed E-state index contributed by atoms with van der Waals surface area (Å²) in [4.78, 5) is 31.7. The topological polar surface area (TPSA) is 93.9 Å². The van der Waals surface area contributed by atoms with Crippen molar-refractivity contribution in [2.75, 3.05) is 30.4 Å². The van der Waals surface area contributed by atoms with E-state index in [2.05, 4.69) is 33.4 Å². The lowest BCUT2D eigenvalue weighted by Crippen LogP contribution is -2.37. The predicted molar refractivity (Wildman–Crippen MR) is 166 cm³/mol. The van der Waals surface area contributed by atoms with Crippen molar-refractivity contribution < 1.29 is 23.5 Å². The molecule has 0 atom stereocenters. The summed E-state index contributed by atoms with van der Waals surface area (Å²) in [6.45, 7) is 3.98. The average Bonchev–Trinajstić information content (AvgIpc) is 3.40. The number of furan rings is 1. The monoisotopic (exact) mass is 575 g/mol. The predicted octanol–water partition coefficient (Wildman–Crippen LogP) is 7.03. The van der Waals surface area contributed by atoms with Gasteiger partial charge in [0.1, 0.15) is 11.4 Å². The fraction of sp³-hybridized carbons (Fsp3) is 0.229. The molecule has 0 radical (unpaired) electrons. The number of hydrogen-bond acceptors (Lipinski definition) is 7. The number of carbonyl (C=O) groups is 2. The molecule has 43 heavy (non-hydrogen) atoms. The normalized spacial score (nSPS) is 13.7. The molecule has 0 spiro atoms. The lowest BCUT2D eigenvalue weighted by atomic mass is 10.0. The highest BCUT2D eigenvalue weighted by Gasteiger charge is 2.22. The van der Waals surface area contributed by atoms with Crippen molar-refractivity contribution >= 4 is 34.4 Å². The van der Waals surface area contributed by atoms with Crippen molar-refractivity contribution in [1.82, 2.24) is 4.98 Å². The molecule has 8 heteroatoms. The molecule has 0 saturated carbocycles. The summed E-state index contributed by atoms with van der Waals surface area (Å²) in [5, 5.41) is 3.85. The molecule has 5 aromatic rings. The summed E-state index contributed by atoms with van der Waals surface area (Å²) in [7, 11) is 1.38. The number of benzene rings is 3. The molecule has 6 rings (SSSR count). The molecular formula is C35H33N3O5. The molecule has 3 aromatic carbocycles. The van der Waals surface area contributed by atoms with E-state index in [4.69, 9.17) is 13.9 Å². The van der Waals surface area contributed by atoms with Gasteiger partial charge in [0, 0.05) is 24.0 Å². The molecule has 1 saturated heterocycles. The van der Waals surface area contributed by atoms with Crippen LogP contribution in [0.5, 0.6) is 0 Å². The number of aromatic nitrogens is 1. The van der Waals surface area contributed by atoms with Crippen molar-refractivity contribution in [2.45, 2.75) is 32.5 Å². The first-order chi connectivity index (χ1) is 21.0. The van der Waals surface area contributed by atoms with E-state index in [1.54, 1.807) is 12.3 Å². The number of fused-ring (bicyclic) bond motifs is 1. The minimum Gasteiger partial charge on any atom is -0.465 e. The number of piperidine rings is 1. The van der Waals surface area contributed by atoms with Gasteiger partial charge in [-0.05, 0) is 72.9 Å². The molecule has 0 unspecified atom stereocenters. The number of hydrogen-bond donors (Lipinski definition) is 1. The summed E-state index contributed by atoms with van der Waals surface area (Å²) in [6.07, 6.45) is 3.55. The Hall–Kier alpha value is -4.95. The van der Waals surface area contributed by atoms with E-state index >= 15 is 0 Å². The molecule has 8 nitrogen and oxygen atoms in total. The van der Waals surface area contributed by atoms with Crippen LogP contribution in [0.15, 0.2) is 95.5 Å². The minimum absolute atomic E-state index is 0.132. The van der Waals surface area contributed by atoms with Crippen LogP contribution in [0.2, 0.25) is 0 Å². The molecule has 1 fully saturated rings. The number of carbonyl (C=O) groups excluding carboxylic acids is 2. The largest absolute Gasteiger partial charge is 0.465 e. The fourth-order valence-electron chi connectivity index (χ4n) is 5.45. The Bertz CT molecular complexity index is 1740. The molecule has 1 aliphatic heterocycles. The van der Waals surface area contributed by atoms with Crippen molar-refractivity contribution in [2.24, 2.45) is 0 Å². The maximum absolute atomic E-state index is 13.1. The van der Waals surface area contributed by atoms with Gasteiger partial charge in [-0.25, -0.2) is 9.78 Å². The van der Waals surface area contributed by atoms with Crippen LogP contribution >= 0.6 is 0 Å². The van der Waals surface area contributed by atoms with Gasteiger partial charge in [-0.15, -0.1) is 0 Å². The summed E-state index contributed by atoms with van der Waals surface area (Å²) >= 11 is 0. The van der Waals surface area contributed by atoms with E-state index < -0.39 is 0 Å². The van der Waals surface area contributed by atoms with Gasteiger partial charge >= 0.3 is 5.97 Å². The maximum atomic E-state index is 13.1. The molecule has 218 valence electrons. The zero-order valence-electron chi connectivity index (χ0n) is 24.2. The quantitative estimate of drug-likeness (QED) is 0.199. The third kappa shape index (κ3) is 6.29. The highest BCUT2D eigenvalue weighted by Crippen LogP contribution is 2.31. The van der Waals surface area contributed by atoms with Crippen LogP contribution in [0.1, 0.15) is 44.9 Å². The number of ether oxygens (including phenoxy) is 2. The van der Waals surface area contributed by atoms with Crippen molar-refractivity contribution in [3.8, 4) is 11.1 Å². The first kappa shape index (κ1) is 28.2. The van der Waals surface area contributed by atoms with Crippen molar-refractivity contribution in [3.05, 3.63) is 114 Å².